The van der Waals surface area contributed by atoms with E-state index < -0.39 is 0 Å². The fourth-order valence-corrected chi connectivity index (χ4v) is 2.97. The fraction of sp³-hybridized carbons (Fsp3) is 0. The maximum Gasteiger partial charge on any atom is 0.258 e. The van der Waals surface area contributed by atoms with Crippen LogP contribution in [0.5, 0.6) is 0 Å². The number of nitrogens with one attached hydrogen (secondary N) is 1. The van der Waals surface area contributed by atoms with Crippen LogP contribution in [0.3, 0.4) is 0 Å². The summed E-state index contributed by atoms with van der Waals surface area (Å²) in [5.74, 6) is -0.741. The van der Waals surface area contributed by atoms with Crippen molar-refractivity contribution < 1.29 is 9.59 Å². The molecule has 19 heavy (non-hydrogen) atoms. The molecule has 2 aromatic rings. The second-order valence-corrected chi connectivity index (χ2v) is 5.78. The van der Waals surface area contributed by atoms with Gasteiger partial charge in [-0.05, 0) is 29.8 Å². The van der Waals surface area contributed by atoms with Crippen LogP contribution in [0.1, 0.15) is 20.8 Å². The fourth-order valence-electron chi connectivity index (χ4n) is 1.97. The zero-order valence-electron chi connectivity index (χ0n) is 9.64. The van der Waals surface area contributed by atoms with Gasteiger partial charge in [0.15, 0.2) is 0 Å². The Bertz CT molecular complexity index is 718. The minimum Gasteiger partial charge on any atom is -0.288 e. The first-order valence-corrected chi connectivity index (χ1v) is 6.77. The second-order valence-electron chi connectivity index (χ2n) is 4.03. The molecule has 0 saturated carbocycles. The van der Waals surface area contributed by atoms with Crippen LogP contribution in [-0.2, 0) is 4.79 Å². The average molecular weight is 290 g/mol. The third kappa shape index (κ3) is 2.20. The van der Waals surface area contributed by atoms with Crippen molar-refractivity contribution in [1.29, 1.82) is 0 Å². The molecule has 1 aliphatic rings. The molecule has 0 unspecified atom stereocenters. The Morgan fingerprint density at radius 3 is 2.42 bits per heavy atom. The summed E-state index contributed by atoms with van der Waals surface area (Å²) in [4.78, 5) is 24.5. The molecule has 2 amide bonds. The lowest BCUT2D eigenvalue weighted by Gasteiger charge is -2.17. The Kier molecular flexibility index (Phi) is 2.97. The summed E-state index contributed by atoms with van der Waals surface area (Å²) in [6, 6.07) is 10.7. The topological polar surface area (TPSA) is 46.2 Å². The van der Waals surface area contributed by atoms with Gasteiger partial charge in [-0.3, -0.25) is 14.9 Å². The number of thiophene rings is 1. The summed E-state index contributed by atoms with van der Waals surface area (Å²) in [5, 5.41) is 2.34. The minimum absolute atomic E-state index is 0.359. The molecular formula is C14H8ClNO2S. The minimum atomic E-state index is -0.381. The molecule has 0 aliphatic carbocycles. The summed E-state index contributed by atoms with van der Waals surface area (Å²) >= 11 is 7.26. The van der Waals surface area contributed by atoms with Crippen LogP contribution in [0, 0.1) is 0 Å². The lowest BCUT2D eigenvalue weighted by molar-refractivity contribution is -0.114. The standard InChI is InChI=1S/C14H8ClNO2S/c15-12-6-5-8(19-12)7-11-9-3-1-2-4-10(9)13(17)16-14(11)18/h1-7H,(H,16,17,18)/b11-7+. The van der Waals surface area contributed by atoms with Crippen LogP contribution in [0.15, 0.2) is 36.4 Å². The normalized spacial score (nSPS) is 16.4. The Morgan fingerprint density at radius 2 is 1.74 bits per heavy atom. The molecule has 0 saturated heterocycles. The molecule has 3 rings (SSSR count). The number of halogens is 1. The van der Waals surface area contributed by atoms with Gasteiger partial charge in [0.05, 0.1) is 4.34 Å². The summed E-state index contributed by atoms with van der Waals surface area (Å²) in [5.41, 5.74) is 1.64. The van der Waals surface area contributed by atoms with Gasteiger partial charge in [-0.1, -0.05) is 29.8 Å². The predicted octanol–water partition coefficient (Wildman–Crippen LogP) is 3.21. The van der Waals surface area contributed by atoms with Crippen LogP contribution < -0.4 is 5.32 Å². The number of carbonyl (C=O) groups excluding carboxylic acids is 2. The molecule has 0 radical (unpaired) electrons. The van der Waals surface area contributed by atoms with Crippen LogP contribution in [-0.4, -0.2) is 11.8 Å². The van der Waals surface area contributed by atoms with Crippen molar-refractivity contribution in [1.82, 2.24) is 5.32 Å². The van der Waals surface area contributed by atoms with Gasteiger partial charge in [-0.15, -0.1) is 11.3 Å². The van der Waals surface area contributed by atoms with Crippen molar-refractivity contribution in [2.24, 2.45) is 0 Å². The highest BCUT2D eigenvalue weighted by Crippen LogP contribution is 2.29. The Balaban J connectivity index is 2.15. The van der Waals surface area contributed by atoms with Gasteiger partial charge in [0.1, 0.15) is 0 Å². The van der Waals surface area contributed by atoms with Crippen LogP contribution in [0.4, 0.5) is 0 Å². The highest BCUT2D eigenvalue weighted by Gasteiger charge is 2.26. The molecule has 0 spiro atoms. The third-order valence-electron chi connectivity index (χ3n) is 2.81. The summed E-state index contributed by atoms with van der Waals surface area (Å²) in [6.07, 6.45) is 1.75. The third-order valence-corrected chi connectivity index (χ3v) is 3.99. The maximum atomic E-state index is 12.0. The Hall–Kier alpha value is -1.91. The van der Waals surface area contributed by atoms with Crippen LogP contribution in [0.25, 0.3) is 11.6 Å². The van der Waals surface area contributed by atoms with Gasteiger partial charge in [0.2, 0.25) is 0 Å². The predicted molar refractivity (Wildman–Crippen MR) is 76.1 cm³/mol. The van der Waals surface area contributed by atoms with E-state index in [4.69, 9.17) is 11.6 Å². The van der Waals surface area contributed by atoms with E-state index in [-0.39, 0.29) is 11.8 Å². The monoisotopic (exact) mass is 289 g/mol. The van der Waals surface area contributed by atoms with Crippen molar-refractivity contribution in [3.63, 3.8) is 0 Å². The second kappa shape index (κ2) is 4.64. The van der Waals surface area contributed by atoms with Gasteiger partial charge in [0.25, 0.3) is 11.8 Å². The number of rotatable bonds is 1. The zero-order valence-corrected chi connectivity index (χ0v) is 11.2. The molecule has 1 aromatic heterocycles. The highest BCUT2D eigenvalue weighted by molar-refractivity contribution is 7.17. The first-order valence-electron chi connectivity index (χ1n) is 5.57. The summed E-state index contributed by atoms with van der Waals surface area (Å²) in [6.45, 7) is 0. The molecule has 1 aromatic carbocycles. The number of imide groups is 1. The lowest BCUT2D eigenvalue weighted by Crippen LogP contribution is -2.36. The van der Waals surface area contributed by atoms with Crippen molar-refractivity contribution in [3.8, 4) is 0 Å². The SMILES string of the molecule is O=C1NC(=O)c2ccccc2/C1=C\c1ccc(Cl)s1. The van der Waals surface area contributed by atoms with Crippen molar-refractivity contribution in [2.45, 2.75) is 0 Å². The van der Waals surface area contributed by atoms with Gasteiger partial charge in [0, 0.05) is 16.0 Å². The molecule has 5 heteroatoms. The van der Waals surface area contributed by atoms with E-state index in [2.05, 4.69) is 5.32 Å². The molecule has 2 heterocycles. The molecule has 94 valence electrons. The quantitative estimate of drug-likeness (QED) is 0.647. The van der Waals surface area contributed by atoms with Crippen molar-refractivity contribution in [2.75, 3.05) is 0 Å². The maximum absolute atomic E-state index is 12.0. The first kappa shape index (κ1) is 12.1. The average Bonchev–Trinajstić information content (AvgIpc) is 2.80. The largest absolute Gasteiger partial charge is 0.288 e. The van der Waals surface area contributed by atoms with Gasteiger partial charge < -0.3 is 0 Å². The Morgan fingerprint density at radius 1 is 1.00 bits per heavy atom. The summed E-state index contributed by atoms with van der Waals surface area (Å²) in [7, 11) is 0. The number of benzene rings is 1. The molecule has 0 atom stereocenters. The van der Waals surface area contributed by atoms with Crippen LogP contribution >= 0.6 is 22.9 Å². The number of hydrogen-bond donors (Lipinski definition) is 1. The number of hydrogen-bond acceptors (Lipinski definition) is 3. The zero-order chi connectivity index (χ0) is 13.4. The van der Waals surface area contributed by atoms with Gasteiger partial charge >= 0.3 is 0 Å². The van der Waals surface area contributed by atoms with Gasteiger partial charge in [-0.25, -0.2) is 0 Å². The number of amides is 2. The summed E-state index contributed by atoms with van der Waals surface area (Å²) < 4.78 is 0.660. The van der Waals surface area contributed by atoms with E-state index in [1.807, 2.05) is 6.07 Å². The van der Waals surface area contributed by atoms with E-state index in [9.17, 15) is 9.59 Å². The van der Waals surface area contributed by atoms with Crippen molar-refractivity contribution >= 4 is 46.4 Å². The molecule has 0 fully saturated rings. The lowest BCUT2D eigenvalue weighted by atomic mass is 9.94. The van der Waals surface area contributed by atoms with E-state index in [1.165, 1.54) is 11.3 Å². The molecule has 3 nitrogen and oxygen atoms in total. The molecule has 1 aliphatic heterocycles. The van der Waals surface area contributed by atoms with Crippen LogP contribution in [0.2, 0.25) is 4.34 Å². The van der Waals surface area contributed by atoms with E-state index in [0.717, 1.165) is 4.88 Å². The Labute approximate surface area is 118 Å². The van der Waals surface area contributed by atoms with E-state index in [0.29, 0.717) is 21.0 Å². The van der Waals surface area contributed by atoms with Gasteiger partial charge in [-0.2, -0.15) is 0 Å². The van der Waals surface area contributed by atoms with E-state index in [1.54, 1.807) is 36.4 Å². The number of fused-ring (bicyclic) bond motifs is 1. The van der Waals surface area contributed by atoms with Crippen molar-refractivity contribution in [3.05, 3.63) is 56.7 Å². The van der Waals surface area contributed by atoms with E-state index >= 15 is 0 Å². The first-order chi connectivity index (χ1) is 9.15. The molecule has 0 bridgehead atoms. The smallest absolute Gasteiger partial charge is 0.258 e. The number of carbonyl (C=O) groups is 2. The molecular weight excluding hydrogens is 282 g/mol. The highest BCUT2D eigenvalue weighted by atomic mass is 35.5. The molecule has 1 N–H and O–H groups in total.